The molecular weight excluding hydrogens is 957 g/mol. The van der Waals surface area contributed by atoms with Gasteiger partial charge in [0.2, 0.25) is 5.79 Å². The number of ether oxygens (including phenoxy) is 5. The molecule has 75 heavy (non-hydrogen) atoms. The number of piperidine rings is 1. The molecule has 3 heterocycles. The number of hydrogen-bond acceptors (Lipinski definition) is 14. The Kier molecular flexibility index (Phi) is 24.0. The van der Waals surface area contributed by atoms with Gasteiger partial charge in [0, 0.05) is 64.0 Å². The number of carbonyl (C=O) groups excluding carboxylic acids is 3. The number of benzene rings is 1. The fraction of sp³-hybridized carbons (Fsp3) is 0.667. The Morgan fingerprint density at radius 3 is 2.27 bits per heavy atom. The van der Waals surface area contributed by atoms with Gasteiger partial charge in [-0.2, -0.15) is 0 Å². The van der Waals surface area contributed by atoms with Crippen molar-refractivity contribution in [3.8, 4) is 12.3 Å². The van der Waals surface area contributed by atoms with Crippen molar-refractivity contribution in [2.75, 3.05) is 27.9 Å². The van der Waals surface area contributed by atoms with Crippen molar-refractivity contribution in [3.05, 3.63) is 83.0 Å². The molecule has 16 atom stereocenters. The third kappa shape index (κ3) is 16.7. The minimum atomic E-state index is -2.43. The van der Waals surface area contributed by atoms with Crippen LogP contribution in [0, 0.1) is 47.9 Å². The Bertz CT molecular complexity index is 2220. The van der Waals surface area contributed by atoms with Crippen molar-refractivity contribution in [3.63, 3.8) is 0 Å². The van der Waals surface area contributed by atoms with E-state index in [0.717, 1.165) is 23.1 Å². The molecule has 0 spiro atoms. The molecule has 4 aliphatic rings. The van der Waals surface area contributed by atoms with Gasteiger partial charge in [-0.3, -0.25) is 9.59 Å². The second-order valence-electron chi connectivity index (χ2n) is 22.0. The van der Waals surface area contributed by atoms with Crippen molar-refractivity contribution in [2.24, 2.45) is 40.7 Å². The number of esters is 1. The van der Waals surface area contributed by atoms with Gasteiger partial charge in [0.1, 0.15) is 31.0 Å². The highest BCUT2D eigenvalue weighted by Crippen LogP contribution is 2.38. The largest absolute Gasteiger partial charge is 0.460 e. The Morgan fingerprint density at radius 2 is 1.59 bits per heavy atom. The predicted molar refractivity (Wildman–Crippen MR) is 288 cm³/mol. The van der Waals surface area contributed by atoms with E-state index < -0.39 is 84.1 Å². The van der Waals surface area contributed by atoms with Crippen molar-refractivity contribution in [1.82, 2.24) is 4.90 Å². The Labute approximate surface area is 446 Å². The molecule has 15 nitrogen and oxygen atoms in total. The molecule has 3 aliphatic heterocycles. The summed E-state index contributed by atoms with van der Waals surface area (Å²) in [6.07, 6.45) is 17.1. The summed E-state index contributed by atoms with van der Waals surface area (Å²) >= 11 is 0. The maximum atomic E-state index is 14.6. The quantitative estimate of drug-likeness (QED) is 0.0611. The number of cyclic esters (lactones) is 1. The molecule has 15 heteroatoms. The number of aliphatic hydroxyl groups excluding tert-OH is 3. The number of Topliss-reactive ketones (excluding diaryl/α,β-unsaturated/α-hetero) is 1. The number of hydrogen-bond donors (Lipinski definition) is 4. The number of nitrogens with zero attached hydrogens (tertiary/aromatic N) is 2. The number of aliphatic hydroxyl groups is 4. The van der Waals surface area contributed by atoms with Crippen LogP contribution in [0.25, 0.3) is 0 Å². The highest BCUT2D eigenvalue weighted by Gasteiger charge is 2.53. The highest BCUT2D eigenvalue weighted by atomic mass is 16.6. The van der Waals surface area contributed by atoms with E-state index in [1.54, 1.807) is 34.1 Å². The molecule has 1 saturated carbocycles. The first-order valence-corrected chi connectivity index (χ1v) is 27.3. The van der Waals surface area contributed by atoms with Crippen molar-refractivity contribution < 1.29 is 63.3 Å². The van der Waals surface area contributed by atoms with Crippen LogP contribution < -0.4 is 0 Å². The Morgan fingerprint density at radius 1 is 0.853 bits per heavy atom. The fourth-order valence-corrected chi connectivity index (χ4v) is 11.3. The van der Waals surface area contributed by atoms with Crippen molar-refractivity contribution in [1.29, 1.82) is 0 Å². The minimum absolute atomic E-state index is 0.0222. The number of carbonyl (C=O) groups is 3. The molecule has 0 unspecified atom stereocenters. The van der Waals surface area contributed by atoms with Crippen LogP contribution in [0.3, 0.4) is 0 Å². The van der Waals surface area contributed by atoms with Gasteiger partial charge in [-0.05, 0) is 125 Å². The van der Waals surface area contributed by atoms with Gasteiger partial charge in [0.05, 0.1) is 36.2 Å². The number of allylic oxidation sites excluding steroid dienone is 5. The molecular formula is C60H88N2O13. The lowest BCUT2D eigenvalue weighted by Gasteiger charge is -2.43. The number of oxime groups is 1. The maximum Gasteiger partial charge on any atom is 0.329 e. The van der Waals surface area contributed by atoms with Gasteiger partial charge >= 0.3 is 5.97 Å². The minimum Gasteiger partial charge on any atom is -0.460 e. The normalized spacial score (nSPS) is 37.9. The number of terminal acetylenes is 1. The van der Waals surface area contributed by atoms with E-state index >= 15 is 0 Å². The first kappa shape index (κ1) is 61.4. The van der Waals surface area contributed by atoms with Crippen LogP contribution in [0.4, 0.5) is 0 Å². The topological polar surface area (TPSA) is 203 Å². The van der Waals surface area contributed by atoms with Crippen LogP contribution in [0.15, 0.2) is 77.0 Å². The van der Waals surface area contributed by atoms with Crippen LogP contribution in [0.1, 0.15) is 137 Å². The molecule has 4 N–H and O–H groups in total. The third-order valence-electron chi connectivity index (χ3n) is 16.2. The van der Waals surface area contributed by atoms with Crippen LogP contribution in [-0.4, -0.2) is 137 Å². The van der Waals surface area contributed by atoms with Crippen LogP contribution in [0.2, 0.25) is 0 Å². The third-order valence-corrected chi connectivity index (χ3v) is 16.2. The van der Waals surface area contributed by atoms with Crippen LogP contribution >= 0.6 is 0 Å². The van der Waals surface area contributed by atoms with Gasteiger partial charge in [-0.1, -0.05) is 94.3 Å². The zero-order chi connectivity index (χ0) is 55.0. The molecule has 416 valence electrons. The molecule has 5 rings (SSSR count). The summed E-state index contributed by atoms with van der Waals surface area (Å²) in [5.74, 6) is -4.19. The van der Waals surface area contributed by atoms with Crippen LogP contribution in [0.5, 0.6) is 0 Å². The lowest BCUT2D eigenvalue weighted by Crippen LogP contribution is -2.61. The molecule has 1 aliphatic carbocycles. The summed E-state index contributed by atoms with van der Waals surface area (Å²) in [5.41, 5.74) is 3.53. The van der Waals surface area contributed by atoms with Crippen LogP contribution in [-0.2, 0) is 49.5 Å². The van der Waals surface area contributed by atoms with E-state index in [9.17, 15) is 34.8 Å². The van der Waals surface area contributed by atoms with E-state index in [0.29, 0.717) is 69.1 Å². The number of amides is 1. The maximum absolute atomic E-state index is 14.6. The Balaban J connectivity index is 1.51. The number of fused-ring (bicyclic) bond motifs is 3. The van der Waals surface area contributed by atoms with Gasteiger partial charge in [-0.15, -0.1) is 6.42 Å². The molecule has 1 aromatic carbocycles. The Hall–Kier alpha value is -4.50. The number of methoxy groups -OCH3 is 3. The predicted octanol–water partition coefficient (Wildman–Crippen LogP) is 7.96. The smallest absolute Gasteiger partial charge is 0.329 e. The molecule has 3 fully saturated rings. The number of rotatable bonds is 9. The monoisotopic (exact) mass is 1040 g/mol. The molecule has 2 bridgehead atoms. The summed E-state index contributed by atoms with van der Waals surface area (Å²) in [5, 5.41) is 51.4. The summed E-state index contributed by atoms with van der Waals surface area (Å²) in [4.78, 5) is 50.5. The molecule has 1 amide bonds. The van der Waals surface area contributed by atoms with Gasteiger partial charge < -0.3 is 53.8 Å². The standard InChI is InChI=1S/C60H88N2O13/c1-12-44-22-24-45(25-23-44)36-73-61-54-41(6)30-37(2)18-14-13-15-19-38(3)51(70-9)34-47-27-21-43(8)60(69,75-47)57(66)58(67)62-29-17-16-20-48(62)59(68)74-52(40(5)32-46-26-28-49(63)53(33-46)71-10)35-50(64)39(4)31-42(7)55(65)56(54)72-11/h1,13-15,18-19,22-25,31,37,39-41,43,46-53,55-56,63-65,69H,16-17,20-21,26-30,32-36H2,2-11H3/b15-13+,18-14+,38-19+,42-31+,61-54-/t37-,39-,40-,41-,43-,46+,47+,48+,49-,50-,51+,52+,53-,55-,56+,60-/m1/s1. The average Bonchev–Trinajstić information content (AvgIpc) is 3.40. The summed E-state index contributed by atoms with van der Waals surface area (Å²) in [6.45, 7) is 13.6. The zero-order valence-electron chi connectivity index (χ0n) is 46.3. The zero-order valence-corrected chi connectivity index (χ0v) is 46.3. The molecule has 0 aromatic heterocycles. The van der Waals surface area contributed by atoms with E-state index in [1.807, 2.05) is 76.3 Å². The van der Waals surface area contributed by atoms with Gasteiger partial charge in [-0.25, -0.2) is 4.79 Å². The number of ketones is 1. The first-order chi connectivity index (χ1) is 35.7. The molecule has 2 saturated heterocycles. The van der Waals surface area contributed by atoms with E-state index in [4.69, 9.17) is 34.9 Å². The van der Waals surface area contributed by atoms with E-state index in [1.165, 1.54) is 12.0 Å². The second kappa shape index (κ2) is 29.3. The summed E-state index contributed by atoms with van der Waals surface area (Å²) in [7, 11) is 4.70. The van der Waals surface area contributed by atoms with E-state index in [2.05, 4.69) is 24.1 Å². The average molecular weight is 1050 g/mol. The summed E-state index contributed by atoms with van der Waals surface area (Å²) < 4.78 is 30.2. The van der Waals surface area contributed by atoms with Crippen molar-refractivity contribution >= 4 is 23.4 Å². The lowest BCUT2D eigenvalue weighted by atomic mass is 9.78. The second-order valence-corrected chi connectivity index (χ2v) is 22.0. The van der Waals surface area contributed by atoms with E-state index in [-0.39, 0.29) is 55.8 Å². The van der Waals surface area contributed by atoms with Gasteiger partial charge in [0.15, 0.2) is 0 Å². The fourth-order valence-electron chi connectivity index (χ4n) is 11.3. The molecule has 1 aromatic rings. The lowest BCUT2D eigenvalue weighted by molar-refractivity contribution is -0.265. The van der Waals surface area contributed by atoms with Gasteiger partial charge in [0.25, 0.3) is 11.7 Å². The highest BCUT2D eigenvalue weighted by molar-refractivity contribution is 6.39. The first-order valence-electron chi connectivity index (χ1n) is 27.3. The van der Waals surface area contributed by atoms with Crippen molar-refractivity contribution in [2.45, 2.75) is 193 Å². The molecule has 0 radical (unpaired) electrons. The SMILES string of the molecule is C#Cc1ccc(CO/N=C2/[C@H](C)C[C@H](C)/C=C/C=C/C=C(\C)[C@@H](OC)C[C@@H]3CC[C@@H](C)[C@@](O)(O3)C(=O)C(=O)N3CCCC[C@H]3C(=O)O[C@H]([C@H](C)C[C@@H]3CC[C@@H](O)[C@H](OC)C3)C[C@@H](O)[C@H](C)/C=C(\C)[C@@H](O)[C@H]2OC)cc1. The summed E-state index contributed by atoms with van der Waals surface area (Å²) in [6, 6.07) is 6.31.